The molecule has 2 heterocycles. The van der Waals surface area contributed by atoms with Crippen molar-refractivity contribution in [1.29, 1.82) is 0 Å². The molecule has 2 fully saturated rings. The van der Waals surface area contributed by atoms with Gasteiger partial charge in [-0.3, -0.25) is 9.59 Å². The van der Waals surface area contributed by atoms with E-state index >= 15 is 0 Å². The zero-order valence-corrected chi connectivity index (χ0v) is 11.0. The summed E-state index contributed by atoms with van der Waals surface area (Å²) in [6.07, 6.45) is 2.25. The molecule has 0 bridgehead atoms. The maximum absolute atomic E-state index is 11.7. The summed E-state index contributed by atoms with van der Waals surface area (Å²) in [5, 5.41) is 5.37. The lowest BCUT2D eigenvalue weighted by atomic mass is 10.0. The monoisotopic (exact) mass is 274 g/mol. The molecule has 0 aliphatic carbocycles. The molecule has 2 unspecified atom stereocenters. The maximum Gasteiger partial charge on any atom is 0.242 e. The number of carbonyl (C=O) groups is 2. The second-order valence-electron chi connectivity index (χ2n) is 5.03. The standard InChI is InChI=1S/C11H18N2O4S/c14-10(6-8-3-5-18(16,17)7-8)13-9-2-1-4-12-11(9)15/h8-9H,1-7H2,(H,12,15)(H,13,14). The fraction of sp³-hybridized carbons (Fsp3) is 0.818. The molecule has 0 radical (unpaired) electrons. The Morgan fingerprint density at radius 2 is 2.17 bits per heavy atom. The number of hydrogen-bond acceptors (Lipinski definition) is 4. The lowest BCUT2D eigenvalue weighted by Gasteiger charge is -2.23. The van der Waals surface area contributed by atoms with E-state index in [9.17, 15) is 18.0 Å². The molecule has 0 aromatic rings. The molecule has 0 aromatic heterocycles. The van der Waals surface area contributed by atoms with Crippen LogP contribution in [0.2, 0.25) is 0 Å². The van der Waals surface area contributed by atoms with E-state index in [1.165, 1.54) is 0 Å². The summed E-state index contributed by atoms with van der Waals surface area (Å²) in [7, 11) is -2.94. The van der Waals surface area contributed by atoms with Crippen molar-refractivity contribution >= 4 is 21.7 Å². The van der Waals surface area contributed by atoms with Gasteiger partial charge in [0.2, 0.25) is 11.8 Å². The molecule has 18 heavy (non-hydrogen) atoms. The largest absolute Gasteiger partial charge is 0.354 e. The second-order valence-corrected chi connectivity index (χ2v) is 7.26. The zero-order valence-electron chi connectivity index (χ0n) is 10.1. The Labute approximate surface area is 106 Å². The highest BCUT2D eigenvalue weighted by Gasteiger charge is 2.31. The van der Waals surface area contributed by atoms with Crippen LogP contribution in [-0.2, 0) is 19.4 Å². The van der Waals surface area contributed by atoms with E-state index in [0.717, 1.165) is 6.42 Å². The first-order valence-electron chi connectivity index (χ1n) is 6.24. The number of sulfone groups is 1. The van der Waals surface area contributed by atoms with Gasteiger partial charge in [0.1, 0.15) is 6.04 Å². The van der Waals surface area contributed by atoms with Crippen molar-refractivity contribution in [3.8, 4) is 0 Å². The first-order valence-corrected chi connectivity index (χ1v) is 8.06. The molecule has 0 aromatic carbocycles. The summed E-state index contributed by atoms with van der Waals surface area (Å²) >= 11 is 0. The summed E-state index contributed by atoms with van der Waals surface area (Å²) in [4.78, 5) is 23.2. The second kappa shape index (κ2) is 5.26. The Bertz CT molecular complexity index is 446. The van der Waals surface area contributed by atoms with Gasteiger partial charge in [0.15, 0.2) is 9.84 Å². The Kier molecular flexibility index (Phi) is 3.89. The average molecular weight is 274 g/mol. The summed E-state index contributed by atoms with van der Waals surface area (Å²) in [5.74, 6) is -0.193. The Hall–Kier alpha value is -1.11. The van der Waals surface area contributed by atoms with Crippen molar-refractivity contribution in [3.63, 3.8) is 0 Å². The van der Waals surface area contributed by atoms with E-state index in [1.54, 1.807) is 0 Å². The third-order valence-corrected chi connectivity index (χ3v) is 5.26. The molecule has 6 nitrogen and oxygen atoms in total. The number of piperidine rings is 1. The molecule has 2 saturated heterocycles. The lowest BCUT2D eigenvalue weighted by Crippen LogP contribution is -2.50. The van der Waals surface area contributed by atoms with Gasteiger partial charge in [0.25, 0.3) is 0 Å². The molecular weight excluding hydrogens is 256 g/mol. The highest BCUT2D eigenvalue weighted by molar-refractivity contribution is 7.91. The van der Waals surface area contributed by atoms with E-state index in [-0.39, 0.29) is 35.7 Å². The molecule has 2 amide bonds. The smallest absolute Gasteiger partial charge is 0.242 e. The minimum Gasteiger partial charge on any atom is -0.354 e. The Balaban J connectivity index is 1.80. The van der Waals surface area contributed by atoms with E-state index < -0.39 is 15.9 Å². The van der Waals surface area contributed by atoms with E-state index in [1.807, 2.05) is 0 Å². The van der Waals surface area contributed by atoms with Crippen LogP contribution in [0.5, 0.6) is 0 Å². The van der Waals surface area contributed by atoms with Crippen molar-refractivity contribution < 1.29 is 18.0 Å². The van der Waals surface area contributed by atoms with Gasteiger partial charge in [-0.1, -0.05) is 0 Å². The van der Waals surface area contributed by atoms with Gasteiger partial charge >= 0.3 is 0 Å². The minimum absolute atomic E-state index is 0.0945. The van der Waals surface area contributed by atoms with Crippen LogP contribution < -0.4 is 10.6 Å². The molecule has 2 aliphatic rings. The summed E-state index contributed by atoms with van der Waals surface area (Å²) in [6.45, 7) is 0.659. The van der Waals surface area contributed by atoms with Crippen LogP contribution in [0.1, 0.15) is 25.7 Å². The number of carbonyl (C=O) groups excluding carboxylic acids is 2. The predicted molar refractivity (Wildman–Crippen MR) is 65.6 cm³/mol. The van der Waals surface area contributed by atoms with Gasteiger partial charge in [-0.05, 0) is 25.2 Å². The molecule has 2 aliphatic heterocycles. The van der Waals surface area contributed by atoms with Crippen molar-refractivity contribution in [3.05, 3.63) is 0 Å². The third kappa shape index (κ3) is 3.44. The average Bonchev–Trinajstić information content (AvgIpc) is 2.61. The summed E-state index contributed by atoms with van der Waals surface area (Å²) in [5.41, 5.74) is 0. The van der Waals surface area contributed by atoms with E-state index in [2.05, 4.69) is 10.6 Å². The van der Waals surface area contributed by atoms with Crippen LogP contribution in [0.3, 0.4) is 0 Å². The fourth-order valence-electron chi connectivity index (χ4n) is 2.46. The van der Waals surface area contributed by atoms with Gasteiger partial charge in [-0.2, -0.15) is 0 Å². The maximum atomic E-state index is 11.7. The lowest BCUT2D eigenvalue weighted by molar-refractivity contribution is -0.130. The number of hydrogen-bond donors (Lipinski definition) is 2. The van der Waals surface area contributed by atoms with Crippen LogP contribution in [0, 0.1) is 5.92 Å². The minimum atomic E-state index is -2.94. The van der Waals surface area contributed by atoms with Gasteiger partial charge in [0, 0.05) is 13.0 Å². The molecule has 0 saturated carbocycles. The topological polar surface area (TPSA) is 92.3 Å². The highest BCUT2D eigenvalue weighted by Crippen LogP contribution is 2.21. The molecule has 7 heteroatoms. The van der Waals surface area contributed by atoms with Crippen LogP contribution in [0.4, 0.5) is 0 Å². The van der Waals surface area contributed by atoms with Crippen molar-refractivity contribution in [2.45, 2.75) is 31.7 Å². The number of rotatable bonds is 3. The predicted octanol–water partition coefficient (Wildman–Crippen LogP) is -0.794. The highest BCUT2D eigenvalue weighted by atomic mass is 32.2. The van der Waals surface area contributed by atoms with Gasteiger partial charge in [-0.15, -0.1) is 0 Å². The van der Waals surface area contributed by atoms with Crippen molar-refractivity contribution in [1.82, 2.24) is 10.6 Å². The molecule has 2 rings (SSSR count). The molecule has 2 atom stereocenters. The quantitative estimate of drug-likeness (QED) is 0.705. The Morgan fingerprint density at radius 3 is 2.78 bits per heavy atom. The normalized spacial score (nSPS) is 30.8. The SMILES string of the molecule is O=C(CC1CCS(=O)(=O)C1)NC1CCCNC1=O. The summed E-state index contributed by atoms with van der Waals surface area (Å²) < 4.78 is 22.5. The first kappa shape index (κ1) is 13.3. The van der Waals surface area contributed by atoms with Gasteiger partial charge in [-0.25, -0.2) is 8.42 Å². The van der Waals surface area contributed by atoms with Crippen LogP contribution >= 0.6 is 0 Å². The van der Waals surface area contributed by atoms with Crippen LogP contribution in [-0.4, -0.2) is 44.3 Å². The number of amides is 2. The molecular formula is C11H18N2O4S. The molecule has 102 valence electrons. The van der Waals surface area contributed by atoms with Crippen molar-refractivity contribution in [2.75, 3.05) is 18.1 Å². The van der Waals surface area contributed by atoms with Crippen molar-refractivity contribution in [2.24, 2.45) is 5.92 Å². The van der Waals surface area contributed by atoms with Crippen LogP contribution in [0.25, 0.3) is 0 Å². The molecule has 0 spiro atoms. The third-order valence-electron chi connectivity index (χ3n) is 3.42. The van der Waals surface area contributed by atoms with Gasteiger partial charge < -0.3 is 10.6 Å². The first-order chi connectivity index (χ1) is 8.46. The number of nitrogens with one attached hydrogen (secondary N) is 2. The fourth-order valence-corrected chi connectivity index (χ4v) is 4.32. The zero-order chi connectivity index (χ0) is 13.2. The van der Waals surface area contributed by atoms with Crippen LogP contribution in [0.15, 0.2) is 0 Å². The van der Waals surface area contributed by atoms with Gasteiger partial charge in [0.05, 0.1) is 11.5 Å². The molecule has 2 N–H and O–H groups in total. The summed E-state index contributed by atoms with van der Waals surface area (Å²) in [6, 6.07) is -0.454. The van der Waals surface area contributed by atoms with E-state index in [0.29, 0.717) is 19.4 Å². The van der Waals surface area contributed by atoms with E-state index in [4.69, 9.17) is 0 Å². The Morgan fingerprint density at radius 1 is 1.39 bits per heavy atom.